The molecule has 0 N–H and O–H groups in total. The number of para-hydroxylation sites is 1. The number of aromatic nitrogens is 1. The summed E-state index contributed by atoms with van der Waals surface area (Å²) < 4.78 is 37.7. The number of hydrogen-bond donors (Lipinski definition) is 0. The van der Waals surface area contributed by atoms with Crippen molar-refractivity contribution < 1.29 is 11.5 Å². The molecule has 5 rings (SSSR count). The molecular weight excluding hydrogens is 509 g/mol. The van der Waals surface area contributed by atoms with Gasteiger partial charge in [-0.1, -0.05) is 0 Å². The van der Waals surface area contributed by atoms with Gasteiger partial charge in [0.05, 0.1) is 0 Å². The van der Waals surface area contributed by atoms with Crippen molar-refractivity contribution in [2.75, 3.05) is 0 Å². The number of hydrogen-bond acceptors (Lipinski definition) is 3. The van der Waals surface area contributed by atoms with Crippen LogP contribution in [0.2, 0.25) is 0 Å². The molecular formula is C24H22INO3S. The third-order valence-corrected chi connectivity index (χ3v) is 12.7. The molecule has 6 heteroatoms. The molecule has 0 unspecified atom stereocenters. The van der Waals surface area contributed by atoms with Crippen LogP contribution in [0.5, 0.6) is 0 Å². The van der Waals surface area contributed by atoms with Gasteiger partial charge >= 0.3 is 185 Å². The van der Waals surface area contributed by atoms with E-state index in [0.717, 1.165) is 23.8 Å². The first-order chi connectivity index (χ1) is 14.3. The summed E-state index contributed by atoms with van der Waals surface area (Å²) in [7, 11) is -3.77. The van der Waals surface area contributed by atoms with Gasteiger partial charge in [-0.3, -0.25) is 0 Å². The van der Waals surface area contributed by atoms with E-state index in [-0.39, 0.29) is 0 Å². The number of benzene rings is 3. The van der Waals surface area contributed by atoms with Crippen molar-refractivity contribution in [1.82, 2.24) is 3.97 Å². The molecule has 154 valence electrons. The van der Waals surface area contributed by atoms with Crippen LogP contribution < -0.4 is 0 Å². The van der Waals surface area contributed by atoms with Crippen LogP contribution in [0.15, 0.2) is 83.8 Å². The number of fused-ring (bicyclic) bond motifs is 2. The zero-order valence-corrected chi connectivity index (χ0v) is 19.9. The third kappa shape index (κ3) is 3.01. The Morgan fingerprint density at radius 1 is 0.900 bits per heavy atom. The topological polar surface area (TPSA) is 48.3 Å². The molecule has 0 amide bonds. The van der Waals surface area contributed by atoms with Crippen LogP contribution in [0.1, 0.15) is 25.0 Å². The van der Waals surface area contributed by atoms with E-state index < -0.39 is 35.9 Å². The fraction of sp³-hybridized carbons (Fsp3) is 0.167. The fourth-order valence-electron chi connectivity index (χ4n) is 3.79. The zero-order valence-electron chi connectivity index (χ0n) is 17.0. The van der Waals surface area contributed by atoms with Crippen LogP contribution in [0, 0.1) is 14.2 Å². The summed E-state index contributed by atoms with van der Waals surface area (Å²) in [5, 5.41) is 0.909. The van der Waals surface area contributed by atoms with Gasteiger partial charge in [0.25, 0.3) is 0 Å². The van der Waals surface area contributed by atoms with Gasteiger partial charge in [0, 0.05) is 0 Å². The molecule has 1 aliphatic rings. The monoisotopic (exact) mass is 531 g/mol. The predicted octanol–water partition coefficient (Wildman–Crippen LogP) is 5.91. The summed E-state index contributed by atoms with van der Waals surface area (Å²) in [5.41, 5.74) is 2.43. The van der Waals surface area contributed by atoms with Gasteiger partial charge in [-0.15, -0.1) is 0 Å². The van der Waals surface area contributed by atoms with Crippen LogP contribution in [0.4, 0.5) is 0 Å². The van der Waals surface area contributed by atoms with Crippen LogP contribution >= 0.6 is 20.2 Å². The summed E-state index contributed by atoms with van der Waals surface area (Å²) in [6, 6.07) is 24.9. The Balaban J connectivity index is 1.79. The molecule has 30 heavy (non-hydrogen) atoms. The summed E-state index contributed by atoms with van der Waals surface area (Å²) in [4.78, 5) is 0.290. The molecule has 3 aromatic carbocycles. The number of aryl methyl sites for hydroxylation is 1. The van der Waals surface area contributed by atoms with E-state index in [2.05, 4.69) is 26.0 Å². The normalized spacial score (nSPS) is 16.7. The molecule has 4 nitrogen and oxygen atoms in total. The Kier molecular flexibility index (Phi) is 4.57. The maximum atomic E-state index is 13.8. The van der Waals surface area contributed by atoms with Crippen molar-refractivity contribution >= 4 is 41.2 Å². The van der Waals surface area contributed by atoms with Crippen molar-refractivity contribution in [3.05, 3.63) is 97.3 Å². The molecule has 0 radical (unpaired) electrons. The summed E-state index contributed by atoms with van der Waals surface area (Å²) >= 11 is -2.45. The molecule has 0 atom stereocenters. The Labute approximate surface area is 184 Å². The minimum atomic E-state index is -3.77. The van der Waals surface area contributed by atoms with Gasteiger partial charge in [0.2, 0.25) is 0 Å². The molecule has 0 spiro atoms. The van der Waals surface area contributed by atoms with E-state index in [1.807, 2.05) is 61.5 Å². The number of halogens is 1. The second-order valence-electron chi connectivity index (χ2n) is 7.92. The van der Waals surface area contributed by atoms with Gasteiger partial charge in [0.1, 0.15) is 0 Å². The molecule has 1 aliphatic heterocycles. The Morgan fingerprint density at radius 3 is 2.33 bits per heavy atom. The van der Waals surface area contributed by atoms with E-state index >= 15 is 0 Å². The quantitative estimate of drug-likeness (QED) is 0.309. The van der Waals surface area contributed by atoms with Crippen LogP contribution in [0.25, 0.3) is 10.9 Å². The number of rotatable bonds is 3. The predicted molar refractivity (Wildman–Crippen MR) is 128 cm³/mol. The van der Waals surface area contributed by atoms with Crippen molar-refractivity contribution in [2.45, 2.75) is 31.3 Å². The zero-order chi connectivity index (χ0) is 21.1. The Morgan fingerprint density at radius 2 is 1.57 bits per heavy atom. The summed E-state index contributed by atoms with van der Waals surface area (Å²) in [5.74, 6) is 0. The molecule has 1 aromatic heterocycles. The van der Waals surface area contributed by atoms with Crippen LogP contribution in [0.3, 0.4) is 0 Å². The first-order valence-corrected chi connectivity index (χ1v) is 14.2. The third-order valence-electron chi connectivity index (χ3n) is 5.34. The van der Waals surface area contributed by atoms with Crippen molar-refractivity contribution in [3.63, 3.8) is 0 Å². The first-order valence-electron chi connectivity index (χ1n) is 9.71. The van der Waals surface area contributed by atoms with Crippen molar-refractivity contribution in [2.24, 2.45) is 0 Å². The van der Waals surface area contributed by atoms with Gasteiger partial charge in [-0.05, 0) is 0 Å². The number of nitrogens with zero attached hydrogens (tertiary/aromatic N) is 1. The fourth-order valence-corrected chi connectivity index (χ4v) is 12.0. The van der Waals surface area contributed by atoms with Gasteiger partial charge in [-0.25, -0.2) is 0 Å². The van der Waals surface area contributed by atoms with Crippen molar-refractivity contribution in [3.8, 4) is 0 Å². The van der Waals surface area contributed by atoms with Crippen LogP contribution in [-0.4, -0.2) is 12.4 Å². The van der Waals surface area contributed by atoms with E-state index in [4.69, 9.17) is 3.07 Å². The van der Waals surface area contributed by atoms with E-state index in [1.54, 1.807) is 12.1 Å². The molecule has 0 saturated carbocycles. The average Bonchev–Trinajstić information content (AvgIpc) is 3.24. The Bertz CT molecular complexity index is 1370. The molecule has 0 saturated heterocycles. The van der Waals surface area contributed by atoms with E-state index in [1.165, 1.54) is 3.97 Å². The molecule has 0 bridgehead atoms. The SMILES string of the molecule is Cc1ccc(S(=O)(=O)n2c(I3OC(C)(C)c4ccccc43)cc3ccccc32)cc1. The first kappa shape index (κ1) is 19.8. The standard InChI is InChI=1S/C24H22INO3S/c1-17-12-14-19(15-13-17)30(27,28)26-22-11-7-4-8-18(22)16-23(26)25-21-10-6-5-9-20(21)24(2,3)29-25/h4-16H,1-3H3. The maximum absolute atomic E-state index is 13.8. The van der Waals surface area contributed by atoms with Crippen molar-refractivity contribution in [1.29, 1.82) is 0 Å². The van der Waals surface area contributed by atoms with Crippen LogP contribution in [-0.2, 0) is 18.7 Å². The molecule has 0 fully saturated rings. The molecule has 4 aromatic rings. The summed E-state index contributed by atoms with van der Waals surface area (Å²) in [6.45, 7) is 6.07. The van der Waals surface area contributed by atoms with E-state index in [9.17, 15) is 8.42 Å². The minimum absolute atomic E-state index is 0.290. The Hall–Kier alpha value is -2.16. The van der Waals surface area contributed by atoms with E-state index in [0.29, 0.717) is 10.4 Å². The van der Waals surface area contributed by atoms with Gasteiger partial charge < -0.3 is 0 Å². The second-order valence-corrected chi connectivity index (χ2v) is 13.8. The molecule has 0 aliphatic carbocycles. The van der Waals surface area contributed by atoms with Gasteiger partial charge in [-0.2, -0.15) is 0 Å². The van der Waals surface area contributed by atoms with Gasteiger partial charge in [0.15, 0.2) is 0 Å². The average molecular weight is 531 g/mol. The molecule has 2 heterocycles. The second kappa shape index (κ2) is 6.93. The summed E-state index contributed by atoms with van der Waals surface area (Å²) in [6.07, 6.45) is 0.